The number of nitrogens with zero attached hydrogens (tertiary/aromatic N) is 2. The Labute approximate surface area is 170 Å². The second-order valence-electron chi connectivity index (χ2n) is 7.73. The number of amides is 4. The molecule has 0 saturated carbocycles. The average Bonchev–Trinajstić information content (AvgIpc) is 3.22. The lowest BCUT2D eigenvalue weighted by molar-refractivity contribution is -0.197. The molecule has 2 saturated heterocycles. The smallest absolute Gasteiger partial charge is 0.334 e. The molecule has 0 aromatic carbocycles. The van der Waals surface area contributed by atoms with E-state index in [2.05, 4.69) is 29.4 Å². The van der Waals surface area contributed by atoms with Gasteiger partial charge in [-0.3, -0.25) is 24.1 Å². The summed E-state index contributed by atoms with van der Waals surface area (Å²) in [5.41, 5.74) is 0. The summed E-state index contributed by atoms with van der Waals surface area (Å²) >= 11 is 0. The fourth-order valence-electron chi connectivity index (χ4n) is 3.43. The molecule has 2 heterocycles. The molecule has 0 bridgehead atoms. The van der Waals surface area contributed by atoms with E-state index >= 15 is 0 Å². The second kappa shape index (κ2) is 10.9. The van der Waals surface area contributed by atoms with Crippen molar-refractivity contribution in [3.05, 3.63) is 0 Å². The summed E-state index contributed by atoms with van der Waals surface area (Å²) in [7, 11) is 0. The van der Waals surface area contributed by atoms with E-state index in [0.717, 1.165) is 25.9 Å². The van der Waals surface area contributed by atoms with Gasteiger partial charge in [-0.15, -0.1) is 5.06 Å². The van der Waals surface area contributed by atoms with Crippen molar-refractivity contribution in [2.45, 2.75) is 58.4 Å². The van der Waals surface area contributed by atoms with Gasteiger partial charge < -0.3 is 15.5 Å². The number of hydrogen-bond acceptors (Lipinski definition) is 7. The summed E-state index contributed by atoms with van der Waals surface area (Å²) in [6, 6.07) is -0.133. The molecule has 0 aromatic heterocycles. The minimum absolute atomic E-state index is 0.0205. The predicted octanol–water partition coefficient (Wildman–Crippen LogP) is -0.273. The van der Waals surface area contributed by atoms with Crippen molar-refractivity contribution in [1.82, 2.24) is 20.6 Å². The van der Waals surface area contributed by atoms with Gasteiger partial charge in [0.15, 0.2) is 0 Å². The topological polar surface area (TPSA) is 125 Å². The lowest BCUT2D eigenvalue weighted by Gasteiger charge is -2.25. The van der Waals surface area contributed by atoms with E-state index in [-0.39, 0.29) is 56.6 Å². The molecule has 29 heavy (non-hydrogen) atoms. The summed E-state index contributed by atoms with van der Waals surface area (Å²) in [6.45, 7) is 6.28. The summed E-state index contributed by atoms with van der Waals surface area (Å²) in [4.78, 5) is 65.4. The molecule has 2 aliphatic rings. The largest absolute Gasteiger partial charge is 0.355 e. The lowest BCUT2D eigenvalue weighted by Crippen LogP contribution is -2.45. The average molecular weight is 410 g/mol. The van der Waals surface area contributed by atoms with Crippen LogP contribution in [0.1, 0.15) is 52.4 Å². The van der Waals surface area contributed by atoms with Crippen LogP contribution in [0, 0.1) is 5.92 Å². The van der Waals surface area contributed by atoms with Crippen LogP contribution in [0.5, 0.6) is 0 Å². The molecule has 10 nitrogen and oxygen atoms in total. The molecular formula is C19H30N4O6. The van der Waals surface area contributed by atoms with Crippen LogP contribution in [0.4, 0.5) is 0 Å². The van der Waals surface area contributed by atoms with Crippen LogP contribution in [-0.2, 0) is 28.8 Å². The first-order valence-electron chi connectivity index (χ1n) is 10.1. The highest BCUT2D eigenvalue weighted by molar-refractivity contribution is 6.01. The normalized spacial score (nSPS) is 19.7. The molecule has 1 unspecified atom stereocenters. The van der Waals surface area contributed by atoms with E-state index < -0.39 is 17.8 Å². The molecule has 1 atom stereocenters. The van der Waals surface area contributed by atoms with Gasteiger partial charge in [0.1, 0.15) is 0 Å². The van der Waals surface area contributed by atoms with E-state index in [0.29, 0.717) is 11.0 Å². The summed E-state index contributed by atoms with van der Waals surface area (Å²) in [6.07, 6.45) is 1.82. The van der Waals surface area contributed by atoms with E-state index in [1.54, 1.807) is 0 Å². The number of hydrogen-bond donors (Lipinski definition) is 2. The van der Waals surface area contributed by atoms with E-state index in [9.17, 15) is 24.0 Å². The Morgan fingerprint density at radius 1 is 1.07 bits per heavy atom. The van der Waals surface area contributed by atoms with Crippen molar-refractivity contribution >= 4 is 29.6 Å². The summed E-state index contributed by atoms with van der Waals surface area (Å²) in [5, 5.41) is 5.83. The first kappa shape index (κ1) is 22.8. The molecule has 10 heteroatoms. The van der Waals surface area contributed by atoms with Crippen LogP contribution < -0.4 is 10.6 Å². The molecule has 2 aliphatic heterocycles. The maximum atomic E-state index is 12.3. The Bertz CT molecular complexity index is 635. The van der Waals surface area contributed by atoms with Gasteiger partial charge in [-0.05, 0) is 25.3 Å². The van der Waals surface area contributed by atoms with E-state index in [1.165, 1.54) is 0 Å². The molecule has 0 aromatic rings. The first-order chi connectivity index (χ1) is 13.8. The third-order valence-corrected chi connectivity index (χ3v) is 4.77. The second-order valence-corrected chi connectivity index (χ2v) is 7.73. The third kappa shape index (κ3) is 7.12. The number of likely N-dealkylation sites (tertiary alicyclic amines) is 1. The SMILES string of the molecule is CC(C)CN1CCCC1C(=O)NCCC(=O)NCCC(=O)ON1C(=O)CCC1=O. The minimum Gasteiger partial charge on any atom is -0.355 e. The number of carbonyl (C=O) groups excluding carboxylic acids is 5. The molecule has 2 N–H and O–H groups in total. The maximum absolute atomic E-state index is 12.3. The number of hydroxylamine groups is 2. The van der Waals surface area contributed by atoms with Gasteiger partial charge in [0.25, 0.3) is 11.8 Å². The Morgan fingerprint density at radius 2 is 1.72 bits per heavy atom. The highest BCUT2D eigenvalue weighted by Gasteiger charge is 2.33. The Kier molecular flexibility index (Phi) is 8.56. The van der Waals surface area contributed by atoms with Gasteiger partial charge in [0.05, 0.1) is 12.5 Å². The number of nitrogens with one attached hydrogen (secondary N) is 2. The van der Waals surface area contributed by atoms with Crippen molar-refractivity contribution in [2.75, 3.05) is 26.2 Å². The molecule has 2 rings (SSSR count). The predicted molar refractivity (Wildman–Crippen MR) is 102 cm³/mol. The zero-order valence-corrected chi connectivity index (χ0v) is 17.1. The zero-order valence-electron chi connectivity index (χ0n) is 17.1. The van der Waals surface area contributed by atoms with Crippen molar-refractivity contribution in [3.8, 4) is 0 Å². The van der Waals surface area contributed by atoms with E-state index in [4.69, 9.17) is 4.84 Å². The van der Waals surface area contributed by atoms with Crippen molar-refractivity contribution in [1.29, 1.82) is 0 Å². The maximum Gasteiger partial charge on any atom is 0.334 e. The lowest BCUT2D eigenvalue weighted by atomic mass is 10.1. The standard InChI is InChI=1S/C19H30N4O6/c1-13(2)12-22-11-3-4-14(22)19(28)21-9-7-15(24)20-10-8-18(27)29-23-16(25)5-6-17(23)26/h13-14H,3-12H2,1-2H3,(H,20,24)(H,21,28). The monoisotopic (exact) mass is 410 g/mol. The highest BCUT2D eigenvalue weighted by Crippen LogP contribution is 2.18. The fourth-order valence-corrected chi connectivity index (χ4v) is 3.43. The van der Waals surface area contributed by atoms with Gasteiger partial charge in [-0.2, -0.15) is 0 Å². The fraction of sp³-hybridized carbons (Fsp3) is 0.737. The zero-order chi connectivity index (χ0) is 21.4. The van der Waals surface area contributed by atoms with Gasteiger partial charge in [-0.1, -0.05) is 13.8 Å². The van der Waals surface area contributed by atoms with Gasteiger partial charge >= 0.3 is 5.97 Å². The van der Waals surface area contributed by atoms with Crippen molar-refractivity contribution in [2.24, 2.45) is 5.92 Å². The van der Waals surface area contributed by atoms with Gasteiger partial charge in [0, 0.05) is 38.9 Å². The van der Waals surface area contributed by atoms with Crippen molar-refractivity contribution < 1.29 is 28.8 Å². The Morgan fingerprint density at radius 3 is 2.38 bits per heavy atom. The molecule has 0 aliphatic carbocycles. The molecule has 162 valence electrons. The van der Waals surface area contributed by atoms with Crippen LogP contribution in [0.3, 0.4) is 0 Å². The third-order valence-electron chi connectivity index (χ3n) is 4.77. The molecule has 0 spiro atoms. The van der Waals surface area contributed by atoms with Crippen LogP contribution >= 0.6 is 0 Å². The summed E-state index contributed by atoms with van der Waals surface area (Å²) in [5.74, 6) is -1.73. The highest BCUT2D eigenvalue weighted by atomic mass is 16.7. The summed E-state index contributed by atoms with van der Waals surface area (Å²) < 4.78 is 0. The minimum atomic E-state index is -0.770. The molecule has 2 fully saturated rings. The van der Waals surface area contributed by atoms with Crippen LogP contribution in [0.25, 0.3) is 0 Å². The van der Waals surface area contributed by atoms with Crippen molar-refractivity contribution in [3.63, 3.8) is 0 Å². The number of imide groups is 1. The molecular weight excluding hydrogens is 380 g/mol. The van der Waals surface area contributed by atoms with Crippen LogP contribution in [0.2, 0.25) is 0 Å². The Hall–Kier alpha value is -2.49. The quantitative estimate of drug-likeness (QED) is 0.475. The van der Waals surface area contributed by atoms with E-state index in [1.807, 2.05) is 0 Å². The molecule has 0 radical (unpaired) electrons. The van der Waals surface area contributed by atoms with Gasteiger partial charge in [-0.25, -0.2) is 4.79 Å². The number of rotatable bonds is 10. The Balaban J connectivity index is 1.58. The first-order valence-corrected chi connectivity index (χ1v) is 10.1. The number of carbonyl (C=O) groups is 5. The van der Waals surface area contributed by atoms with Crippen LogP contribution in [-0.4, -0.2) is 71.8 Å². The van der Waals surface area contributed by atoms with Crippen LogP contribution in [0.15, 0.2) is 0 Å². The molecule has 4 amide bonds. The van der Waals surface area contributed by atoms with Gasteiger partial charge in [0.2, 0.25) is 11.8 Å².